The van der Waals surface area contributed by atoms with Crippen LogP contribution in [0.4, 0.5) is 0 Å². The third-order valence-corrected chi connectivity index (χ3v) is 4.07. The average Bonchev–Trinajstić information content (AvgIpc) is 2.31. The third-order valence-electron chi connectivity index (χ3n) is 2.27. The molecule has 12 heavy (non-hydrogen) atoms. The second-order valence-corrected chi connectivity index (χ2v) is 5.54. The van der Waals surface area contributed by atoms with Crippen LogP contribution in [0.25, 0.3) is 0 Å². The quantitative estimate of drug-likeness (QED) is 0.610. The van der Waals surface area contributed by atoms with Gasteiger partial charge in [-0.1, -0.05) is 0 Å². The van der Waals surface area contributed by atoms with Crippen LogP contribution >= 0.6 is 0 Å². The van der Waals surface area contributed by atoms with E-state index in [-0.39, 0.29) is 17.4 Å². The number of hydrogen-bond acceptors (Lipinski definition) is 4. The van der Waals surface area contributed by atoms with E-state index in [1.54, 1.807) is 0 Å². The summed E-state index contributed by atoms with van der Waals surface area (Å²) in [6.45, 7) is 0.414. The van der Waals surface area contributed by atoms with Gasteiger partial charge in [0.25, 0.3) is 0 Å². The lowest BCUT2D eigenvalue weighted by Crippen LogP contribution is -2.24. The monoisotopic (exact) mass is 193 g/mol. The van der Waals surface area contributed by atoms with Gasteiger partial charge in [0, 0.05) is 0 Å². The van der Waals surface area contributed by atoms with Crippen molar-refractivity contribution in [2.45, 2.75) is 18.9 Å². The number of sulfone groups is 1. The molecular formula is C7H15NO3S. The highest BCUT2D eigenvalue weighted by Crippen LogP contribution is 2.22. The molecule has 0 amide bonds. The molecule has 0 aromatic heterocycles. The Bertz CT molecular complexity index is 237. The maximum Gasteiger partial charge on any atom is 0.150 e. The second-order valence-electron chi connectivity index (χ2n) is 3.31. The van der Waals surface area contributed by atoms with Gasteiger partial charge < -0.3 is 10.8 Å². The fourth-order valence-corrected chi connectivity index (χ4v) is 3.40. The molecule has 0 saturated carbocycles. The molecule has 1 unspecified atom stereocenters. The van der Waals surface area contributed by atoms with Crippen LogP contribution in [-0.2, 0) is 9.84 Å². The minimum Gasteiger partial charge on any atom is -0.393 e. The fourth-order valence-electron chi connectivity index (χ4n) is 1.53. The largest absolute Gasteiger partial charge is 0.393 e. The van der Waals surface area contributed by atoms with E-state index in [4.69, 9.17) is 5.73 Å². The van der Waals surface area contributed by atoms with Crippen LogP contribution in [0.2, 0.25) is 0 Å². The van der Waals surface area contributed by atoms with Crippen molar-refractivity contribution in [3.05, 3.63) is 0 Å². The summed E-state index contributed by atoms with van der Waals surface area (Å²) in [5.41, 5.74) is 5.26. The van der Waals surface area contributed by atoms with Gasteiger partial charge in [-0.25, -0.2) is 8.42 Å². The highest BCUT2D eigenvalue weighted by Gasteiger charge is 2.32. The van der Waals surface area contributed by atoms with E-state index in [2.05, 4.69) is 0 Å². The number of aliphatic hydroxyl groups is 1. The normalized spacial score (nSPS) is 30.3. The lowest BCUT2D eigenvalue weighted by atomic mass is 10.00. The molecule has 3 N–H and O–H groups in total. The smallest absolute Gasteiger partial charge is 0.150 e. The molecule has 1 fully saturated rings. The Morgan fingerprint density at radius 2 is 2.25 bits per heavy atom. The molecule has 0 aromatic rings. The van der Waals surface area contributed by atoms with E-state index in [0.717, 1.165) is 0 Å². The number of nitrogens with two attached hydrogens (primary N) is 1. The third kappa shape index (κ3) is 2.43. The van der Waals surface area contributed by atoms with Gasteiger partial charge in [-0.3, -0.25) is 0 Å². The Morgan fingerprint density at radius 1 is 1.58 bits per heavy atom. The molecule has 0 aliphatic carbocycles. The van der Waals surface area contributed by atoms with Crippen molar-refractivity contribution in [3.63, 3.8) is 0 Å². The van der Waals surface area contributed by atoms with Crippen LogP contribution < -0.4 is 5.73 Å². The summed E-state index contributed by atoms with van der Waals surface area (Å²) in [4.78, 5) is 0. The van der Waals surface area contributed by atoms with Gasteiger partial charge in [0.1, 0.15) is 0 Å². The molecule has 0 radical (unpaired) electrons. The molecule has 4 nitrogen and oxygen atoms in total. The van der Waals surface area contributed by atoms with Gasteiger partial charge in [0.05, 0.1) is 17.6 Å². The van der Waals surface area contributed by atoms with Crippen molar-refractivity contribution in [1.82, 2.24) is 0 Å². The molecule has 1 aliphatic heterocycles. The summed E-state index contributed by atoms with van der Waals surface area (Å²) in [6, 6.07) is 0. The Morgan fingerprint density at radius 3 is 2.67 bits per heavy atom. The van der Waals surface area contributed by atoms with Crippen LogP contribution in [0.1, 0.15) is 12.8 Å². The average molecular weight is 193 g/mol. The first-order valence-electron chi connectivity index (χ1n) is 4.14. The summed E-state index contributed by atoms with van der Waals surface area (Å²) in [5.74, 6) is 0.270. The second kappa shape index (κ2) is 3.72. The first kappa shape index (κ1) is 9.95. The molecule has 2 atom stereocenters. The van der Waals surface area contributed by atoms with Gasteiger partial charge in [-0.05, 0) is 25.3 Å². The van der Waals surface area contributed by atoms with E-state index in [9.17, 15) is 13.5 Å². The molecule has 1 rings (SSSR count). The molecular weight excluding hydrogens is 178 g/mol. The molecule has 1 aliphatic rings. The van der Waals surface area contributed by atoms with E-state index in [1.165, 1.54) is 0 Å². The summed E-state index contributed by atoms with van der Waals surface area (Å²) >= 11 is 0. The Labute approximate surface area is 72.7 Å². The number of hydrogen-bond donors (Lipinski definition) is 2. The zero-order valence-corrected chi connectivity index (χ0v) is 7.76. The first-order valence-corrected chi connectivity index (χ1v) is 5.96. The highest BCUT2D eigenvalue weighted by atomic mass is 32.2. The topological polar surface area (TPSA) is 80.4 Å². The SMILES string of the molecule is NCC[C@@H](O)C1CCS(=O)(=O)C1. The number of aliphatic hydroxyl groups excluding tert-OH is 1. The standard InChI is InChI=1S/C7H15NO3S/c8-3-1-7(9)6-2-4-12(10,11)5-6/h6-7,9H,1-5,8H2/t6?,7-/m1/s1. The van der Waals surface area contributed by atoms with Crippen molar-refractivity contribution in [1.29, 1.82) is 0 Å². The summed E-state index contributed by atoms with van der Waals surface area (Å²) < 4.78 is 22.0. The van der Waals surface area contributed by atoms with Gasteiger partial charge >= 0.3 is 0 Å². The van der Waals surface area contributed by atoms with Crippen molar-refractivity contribution in [3.8, 4) is 0 Å². The minimum absolute atomic E-state index is 0.0847. The maximum absolute atomic E-state index is 11.0. The lowest BCUT2D eigenvalue weighted by Gasteiger charge is -2.14. The van der Waals surface area contributed by atoms with Crippen molar-refractivity contribution in [2.75, 3.05) is 18.1 Å². The van der Waals surface area contributed by atoms with E-state index < -0.39 is 15.9 Å². The van der Waals surface area contributed by atoms with Crippen molar-refractivity contribution in [2.24, 2.45) is 11.7 Å². The van der Waals surface area contributed by atoms with Crippen LogP contribution in [0.3, 0.4) is 0 Å². The predicted molar refractivity (Wildman–Crippen MR) is 46.4 cm³/mol. The predicted octanol–water partition coefficient (Wildman–Crippen LogP) is -0.869. The molecule has 1 heterocycles. The summed E-state index contributed by atoms with van der Waals surface area (Å²) in [6.07, 6.45) is 0.552. The van der Waals surface area contributed by atoms with E-state index in [1.807, 2.05) is 0 Å². The summed E-state index contributed by atoms with van der Waals surface area (Å²) in [7, 11) is -2.86. The van der Waals surface area contributed by atoms with Crippen LogP contribution in [0.15, 0.2) is 0 Å². The van der Waals surface area contributed by atoms with Crippen LogP contribution in [0.5, 0.6) is 0 Å². The molecule has 5 heteroatoms. The zero-order chi connectivity index (χ0) is 9.19. The highest BCUT2D eigenvalue weighted by molar-refractivity contribution is 7.91. The van der Waals surface area contributed by atoms with Crippen LogP contribution in [-0.4, -0.2) is 37.7 Å². The van der Waals surface area contributed by atoms with Gasteiger partial charge in [-0.2, -0.15) is 0 Å². The molecule has 0 bridgehead atoms. The van der Waals surface area contributed by atoms with Crippen molar-refractivity contribution >= 4 is 9.84 Å². The molecule has 0 spiro atoms. The van der Waals surface area contributed by atoms with E-state index in [0.29, 0.717) is 19.4 Å². The van der Waals surface area contributed by atoms with Gasteiger partial charge in [0.2, 0.25) is 0 Å². The zero-order valence-electron chi connectivity index (χ0n) is 6.94. The minimum atomic E-state index is -2.86. The van der Waals surface area contributed by atoms with Gasteiger partial charge in [0.15, 0.2) is 9.84 Å². The Balaban J connectivity index is 2.46. The van der Waals surface area contributed by atoms with Crippen molar-refractivity contribution < 1.29 is 13.5 Å². The molecule has 72 valence electrons. The maximum atomic E-state index is 11.0. The number of rotatable bonds is 3. The lowest BCUT2D eigenvalue weighted by molar-refractivity contribution is 0.113. The summed E-state index contributed by atoms with van der Waals surface area (Å²) in [5, 5.41) is 9.44. The Hall–Kier alpha value is -0.130. The fraction of sp³-hybridized carbons (Fsp3) is 1.00. The van der Waals surface area contributed by atoms with Gasteiger partial charge in [-0.15, -0.1) is 0 Å². The molecule has 1 saturated heterocycles. The van der Waals surface area contributed by atoms with Crippen LogP contribution in [0, 0.1) is 5.92 Å². The first-order chi connectivity index (χ1) is 5.55. The Kier molecular flexibility index (Phi) is 3.09. The molecule has 0 aromatic carbocycles. The van der Waals surface area contributed by atoms with E-state index >= 15 is 0 Å².